The van der Waals surface area contributed by atoms with Crippen LogP contribution in [0.5, 0.6) is 5.75 Å². The van der Waals surface area contributed by atoms with Gasteiger partial charge in [0.15, 0.2) is 0 Å². The lowest BCUT2D eigenvalue weighted by Crippen LogP contribution is -2.19. The van der Waals surface area contributed by atoms with E-state index in [2.05, 4.69) is 11.0 Å². The average Bonchev–Trinajstić information content (AvgIpc) is 2.45. The molecule has 0 heterocycles. The Morgan fingerprint density at radius 2 is 1.41 bits per heavy atom. The lowest BCUT2D eigenvalue weighted by Gasteiger charge is -2.15. The fraction of sp³-hybridized carbons (Fsp3) is 0.222. The Hall–Kier alpha value is -1.48. The van der Waals surface area contributed by atoms with Crippen LogP contribution in [0.1, 0.15) is 0 Å². The van der Waals surface area contributed by atoms with Crippen molar-refractivity contribution in [2.75, 3.05) is 27.2 Å². The predicted molar refractivity (Wildman–Crippen MR) is 95.5 cm³/mol. The highest BCUT2D eigenvalue weighted by atomic mass is 35.5. The third-order valence-electron chi connectivity index (χ3n) is 3.61. The van der Waals surface area contributed by atoms with Gasteiger partial charge in [0.05, 0.1) is 0 Å². The zero-order valence-electron chi connectivity index (χ0n) is 12.6. The molecule has 0 fully saturated rings. The highest BCUT2D eigenvalue weighted by molar-refractivity contribution is 6.32. The van der Waals surface area contributed by atoms with E-state index in [9.17, 15) is 0 Å². The molecule has 0 saturated carbocycles. The van der Waals surface area contributed by atoms with Gasteiger partial charge in [0.25, 0.3) is 0 Å². The van der Waals surface area contributed by atoms with Gasteiger partial charge in [-0.05, 0) is 67.3 Å². The van der Waals surface area contributed by atoms with E-state index < -0.39 is 0 Å². The summed E-state index contributed by atoms with van der Waals surface area (Å²) in [5.41, 5.74) is 0. The van der Waals surface area contributed by atoms with E-state index in [-0.39, 0.29) is 0 Å². The van der Waals surface area contributed by atoms with Crippen LogP contribution < -0.4 is 4.74 Å². The van der Waals surface area contributed by atoms with Crippen molar-refractivity contribution < 1.29 is 4.74 Å². The molecule has 2 nitrogen and oxygen atoms in total. The van der Waals surface area contributed by atoms with Crippen molar-refractivity contribution in [3.63, 3.8) is 0 Å². The number of likely N-dealkylation sites (N-methyl/N-ethyl adjacent to an activating group) is 1. The molecule has 22 heavy (non-hydrogen) atoms. The summed E-state index contributed by atoms with van der Waals surface area (Å²) in [6, 6.07) is 13.8. The lowest BCUT2D eigenvalue weighted by atomic mass is 10.0. The van der Waals surface area contributed by atoms with Crippen LogP contribution in [-0.4, -0.2) is 32.1 Å². The van der Waals surface area contributed by atoms with Crippen LogP contribution in [0, 0.1) is 0 Å². The van der Waals surface area contributed by atoms with E-state index >= 15 is 0 Å². The third-order valence-corrected chi connectivity index (χ3v) is 4.08. The summed E-state index contributed by atoms with van der Waals surface area (Å²) in [6.07, 6.45) is 0. The number of halogens is 2. The molecule has 0 unspecified atom stereocenters. The van der Waals surface area contributed by atoms with Gasteiger partial charge in [-0.3, -0.25) is 0 Å². The standard InChI is InChI=1S/C18H17Cl2NO/c1-21(2)7-8-22-18-16-5-3-14(19)10-12(16)9-13-11-15(20)4-6-17(13)18/h3-6,9-11H,7-8H2,1-2H3. The maximum absolute atomic E-state index is 6.13. The van der Waals surface area contributed by atoms with Crippen molar-refractivity contribution in [3.05, 3.63) is 52.5 Å². The number of nitrogens with zero attached hydrogens (tertiary/aromatic N) is 1. The Kier molecular flexibility index (Phi) is 4.44. The monoisotopic (exact) mass is 333 g/mol. The highest BCUT2D eigenvalue weighted by Gasteiger charge is 2.10. The second-order valence-electron chi connectivity index (χ2n) is 5.59. The summed E-state index contributed by atoms with van der Waals surface area (Å²) in [6.45, 7) is 1.49. The summed E-state index contributed by atoms with van der Waals surface area (Å²) in [4.78, 5) is 2.10. The summed E-state index contributed by atoms with van der Waals surface area (Å²) in [5.74, 6) is 0.891. The Morgan fingerprint density at radius 1 is 0.864 bits per heavy atom. The Bertz CT molecular complexity index is 770. The topological polar surface area (TPSA) is 12.5 Å². The molecule has 0 aromatic heterocycles. The lowest BCUT2D eigenvalue weighted by molar-refractivity contribution is 0.266. The fourth-order valence-electron chi connectivity index (χ4n) is 2.52. The minimum absolute atomic E-state index is 0.631. The molecule has 4 heteroatoms. The molecule has 0 amide bonds. The second kappa shape index (κ2) is 6.33. The van der Waals surface area contributed by atoms with Gasteiger partial charge in [0.2, 0.25) is 0 Å². The molecule has 0 spiro atoms. The molecule has 3 aromatic carbocycles. The molecular weight excluding hydrogens is 317 g/mol. The van der Waals surface area contributed by atoms with Gasteiger partial charge < -0.3 is 9.64 Å². The van der Waals surface area contributed by atoms with Crippen molar-refractivity contribution in [2.24, 2.45) is 0 Å². The van der Waals surface area contributed by atoms with Crippen LogP contribution in [0.4, 0.5) is 0 Å². The molecule has 0 bridgehead atoms. The zero-order valence-corrected chi connectivity index (χ0v) is 14.1. The van der Waals surface area contributed by atoms with Gasteiger partial charge in [-0.2, -0.15) is 0 Å². The van der Waals surface area contributed by atoms with E-state index in [1.807, 2.05) is 50.5 Å². The molecular formula is C18H17Cl2NO. The normalized spacial score (nSPS) is 11.5. The third kappa shape index (κ3) is 3.14. The van der Waals surface area contributed by atoms with Gasteiger partial charge in [-0.15, -0.1) is 0 Å². The first-order valence-electron chi connectivity index (χ1n) is 7.13. The zero-order chi connectivity index (χ0) is 15.7. The maximum Gasteiger partial charge on any atom is 0.135 e. The summed E-state index contributed by atoms with van der Waals surface area (Å²) >= 11 is 12.3. The van der Waals surface area contributed by atoms with Crippen LogP contribution in [0.3, 0.4) is 0 Å². The first-order valence-corrected chi connectivity index (χ1v) is 7.89. The highest BCUT2D eigenvalue weighted by Crippen LogP contribution is 2.37. The predicted octanol–water partition coefficient (Wildman–Crippen LogP) is 5.24. The molecule has 0 aliphatic heterocycles. The van der Waals surface area contributed by atoms with E-state index in [4.69, 9.17) is 27.9 Å². The van der Waals surface area contributed by atoms with Gasteiger partial charge in [0, 0.05) is 27.4 Å². The number of hydrogen-bond donors (Lipinski definition) is 0. The molecule has 3 rings (SSSR count). The first kappa shape index (κ1) is 15.4. The Morgan fingerprint density at radius 3 is 1.91 bits per heavy atom. The fourth-order valence-corrected chi connectivity index (χ4v) is 2.88. The van der Waals surface area contributed by atoms with Gasteiger partial charge in [0.1, 0.15) is 12.4 Å². The van der Waals surface area contributed by atoms with Crippen molar-refractivity contribution >= 4 is 44.7 Å². The SMILES string of the molecule is CN(C)CCOc1c2ccc(Cl)cc2cc2cc(Cl)ccc12. The minimum atomic E-state index is 0.631. The van der Waals surface area contributed by atoms with E-state index in [1.165, 1.54) is 0 Å². The summed E-state index contributed by atoms with van der Waals surface area (Å²) in [7, 11) is 4.06. The van der Waals surface area contributed by atoms with Crippen molar-refractivity contribution in [2.45, 2.75) is 0 Å². The average molecular weight is 334 g/mol. The maximum atomic E-state index is 6.13. The van der Waals surface area contributed by atoms with Crippen molar-refractivity contribution in [1.82, 2.24) is 4.90 Å². The molecule has 0 saturated heterocycles. The van der Waals surface area contributed by atoms with Crippen molar-refractivity contribution in [3.8, 4) is 5.75 Å². The largest absolute Gasteiger partial charge is 0.491 e. The van der Waals surface area contributed by atoms with Gasteiger partial charge in [-0.25, -0.2) is 0 Å². The quantitative estimate of drug-likeness (QED) is 0.605. The van der Waals surface area contributed by atoms with E-state index in [0.717, 1.165) is 33.8 Å². The molecule has 0 radical (unpaired) electrons. The summed E-state index contributed by atoms with van der Waals surface area (Å²) in [5, 5.41) is 5.68. The number of ether oxygens (including phenoxy) is 1. The Labute approximate surface area is 140 Å². The molecule has 0 N–H and O–H groups in total. The molecule has 0 aliphatic rings. The van der Waals surface area contributed by atoms with E-state index in [0.29, 0.717) is 16.7 Å². The molecule has 3 aromatic rings. The smallest absolute Gasteiger partial charge is 0.135 e. The number of benzene rings is 3. The van der Waals surface area contributed by atoms with E-state index in [1.54, 1.807) is 0 Å². The van der Waals surface area contributed by atoms with Crippen LogP contribution in [0.2, 0.25) is 10.0 Å². The number of rotatable bonds is 4. The molecule has 0 aliphatic carbocycles. The second-order valence-corrected chi connectivity index (χ2v) is 6.46. The van der Waals surface area contributed by atoms with Crippen molar-refractivity contribution in [1.29, 1.82) is 0 Å². The number of fused-ring (bicyclic) bond motifs is 2. The van der Waals surface area contributed by atoms with Crippen LogP contribution in [-0.2, 0) is 0 Å². The van der Waals surface area contributed by atoms with Crippen LogP contribution >= 0.6 is 23.2 Å². The van der Waals surface area contributed by atoms with Gasteiger partial charge in [-0.1, -0.05) is 23.2 Å². The van der Waals surface area contributed by atoms with Gasteiger partial charge >= 0.3 is 0 Å². The summed E-state index contributed by atoms with van der Waals surface area (Å²) < 4.78 is 6.10. The van der Waals surface area contributed by atoms with Crippen LogP contribution in [0.15, 0.2) is 42.5 Å². The molecule has 114 valence electrons. The Balaban J connectivity index is 2.18. The molecule has 0 atom stereocenters. The first-order chi connectivity index (χ1) is 10.5. The minimum Gasteiger partial charge on any atom is -0.491 e. The van der Waals surface area contributed by atoms with Crippen LogP contribution in [0.25, 0.3) is 21.5 Å². The number of hydrogen-bond acceptors (Lipinski definition) is 2.